The number of pyridine rings is 1. The first-order valence-corrected chi connectivity index (χ1v) is 7.50. The Balaban J connectivity index is 1.97. The summed E-state index contributed by atoms with van der Waals surface area (Å²) >= 11 is 0. The lowest BCUT2D eigenvalue weighted by atomic mass is 10.1. The van der Waals surface area contributed by atoms with Crippen molar-refractivity contribution in [1.82, 2.24) is 14.8 Å². The van der Waals surface area contributed by atoms with E-state index in [1.807, 2.05) is 31.1 Å². The van der Waals surface area contributed by atoms with Gasteiger partial charge >= 0.3 is 0 Å². The summed E-state index contributed by atoms with van der Waals surface area (Å²) in [4.78, 5) is 18.2. The largest absolute Gasteiger partial charge is 0.363 e. The second kappa shape index (κ2) is 6.62. The summed E-state index contributed by atoms with van der Waals surface area (Å²) in [7, 11) is 3.80. The summed E-state index contributed by atoms with van der Waals surface area (Å²) in [5.41, 5.74) is 1.46. The van der Waals surface area contributed by atoms with Gasteiger partial charge in [0.1, 0.15) is 11.6 Å². The third-order valence-electron chi connectivity index (χ3n) is 3.62. The fourth-order valence-corrected chi connectivity index (χ4v) is 2.35. The van der Waals surface area contributed by atoms with Crippen molar-refractivity contribution in [2.24, 2.45) is 0 Å². The maximum atomic E-state index is 13.9. The van der Waals surface area contributed by atoms with Crippen molar-refractivity contribution in [3.63, 3.8) is 0 Å². The number of hydrogen-bond donors (Lipinski definition) is 0. The predicted molar refractivity (Wildman–Crippen MR) is 91.6 cm³/mol. The summed E-state index contributed by atoms with van der Waals surface area (Å²) in [5.74, 6) is 0.430. The fourth-order valence-electron chi connectivity index (χ4n) is 2.35. The first-order chi connectivity index (χ1) is 11.5. The number of halogens is 1. The smallest absolute Gasteiger partial charge is 0.267 e. The molecule has 0 fully saturated rings. The van der Waals surface area contributed by atoms with Crippen molar-refractivity contribution in [3.05, 3.63) is 76.5 Å². The zero-order valence-corrected chi connectivity index (χ0v) is 13.5. The van der Waals surface area contributed by atoms with Gasteiger partial charge in [0.2, 0.25) is 0 Å². The minimum absolute atomic E-state index is 0.238. The van der Waals surface area contributed by atoms with Gasteiger partial charge in [0.15, 0.2) is 0 Å². The monoisotopic (exact) mass is 324 g/mol. The van der Waals surface area contributed by atoms with Crippen LogP contribution in [0.25, 0.3) is 11.3 Å². The Hall–Kier alpha value is -3.02. The lowest BCUT2D eigenvalue weighted by Crippen LogP contribution is -2.23. The second-order valence-electron chi connectivity index (χ2n) is 5.61. The molecule has 0 saturated heterocycles. The molecule has 6 heteroatoms. The Morgan fingerprint density at radius 2 is 1.92 bits per heavy atom. The van der Waals surface area contributed by atoms with Crippen LogP contribution in [-0.4, -0.2) is 28.9 Å². The minimum Gasteiger partial charge on any atom is -0.363 e. The minimum atomic E-state index is -0.367. The molecule has 0 aliphatic carbocycles. The Morgan fingerprint density at radius 1 is 1.12 bits per heavy atom. The van der Waals surface area contributed by atoms with Gasteiger partial charge in [-0.05, 0) is 35.9 Å². The summed E-state index contributed by atoms with van der Waals surface area (Å²) in [6, 6.07) is 13.0. The SMILES string of the molecule is CN(C)c1cc(Cn2nc(-c3ccccc3F)ccc2=O)ccn1. The molecule has 0 radical (unpaired) electrons. The van der Waals surface area contributed by atoms with Crippen LogP contribution in [0, 0.1) is 5.82 Å². The van der Waals surface area contributed by atoms with Crippen LogP contribution in [0.2, 0.25) is 0 Å². The van der Waals surface area contributed by atoms with Gasteiger partial charge in [0, 0.05) is 31.9 Å². The van der Waals surface area contributed by atoms with Crippen LogP contribution in [0.4, 0.5) is 10.2 Å². The van der Waals surface area contributed by atoms with Crippen LogP contribution < -0.4 is 10.5 Å². The van der Waals surface area contributed by atoms with Crippen LogP contribution in [0.15, 0.2) is 59.5 Å². The Labute approximate surface area is 139 Å². The van der Waals surface area contributed by atoms with Crippen molar-refractivity contribution in [2.45, 2.75) is 6.54 Å². The maximum absolute atomic E-state index is 13.9. The van der Waals surface area contributed by atoms with Crippen molar-refractivity contribution < 1.29 is 4.39 Å². The van der Waals surface area contributed by atoms with E-state index < -0.39 is 0 Å². The fraction of sp³-hybridized carbons (Fsp3) is 0.167. The molecule has 1 aromatic carbocycles. The number of aromatic nitrogens is 3. The van der Waals surface area contributed by atoms with E-state index >= 15 is 0 Å². The van der Waals surface area contributed by atoms with Crippen molar-refractivity contribution in [2.75, 3.05) is 19.0 Å². The van der Waals surface area contributed by atoms with Crippen molar-refractivity contribution in [1.29, 1.82) is 0 Å². The number of hydrogen-bond acceptors (Lipinski definition) is 4. The van der Waals surface area contributed by atoms with E-state index in [0.717, 1.165) is 11.4 Å². The third kappa shape index (κ3) is 3.32. The molecule has 0 N–H and O–H groups in total. The topological polar surface area (TPSA) is 51.0 Å². The van der Waals surface area contributed by atoms with E-state index in [1.165, 1.54) is 22.9 Å². The van der Waals surface area contributed by atoms with Gasteiger partial charge in [-0.3, -0.25) is 4.79 Å². The van der Waals surface area contributed by atoms with E-state index in [4.69, 9.17) is 0 Å². The summed E-state index contributed by atoms with van der Waals surface area (Å²) in [6.07, 6.45) is 1.69. The Bertz CT molecular complexity index is 921. The predicted octanol–water partition coefficient (Wildman–Crippen LogP) is 2.56. The van der Waals surface area contributed by atoms with E-state index in [1.54, 1.807) is 24.4 Å². The van der Waals surface area contributed by atoms with E-state index in [2.05, 4.69) is 10.1 Å². The molecular formula is C18H17FN4O. The molecule has 3 aromatic rings. The van der Waals surface area contributed by atoms with Gasteiger partial charge in [-0.25, -0.2) is 14.1 Å². The van der Waals surface area contributed by atoms with Gasteiger partial charge in [-0.15, -0.1) is 0 Å². The highest BCUT2D eigenvalue weighted by Gasteiger charge is 2.09. The summed E-state index contributed by atoms with van der Waals surface area (Å²) in [5, 5.41) is 4.30. The van der Waals surface area contributed by atoms with Gasteiger partial charge in [0.05, 0.1) is 12.2 Å². The molecule has 0 atom stereocenters. The number of anilines is 1. The third-order valence-corrected chi connectivity index (χ3v) is 3.62. The highest BCUT2D eigenvalue weighted by Crippen LogP contribution is 2.19. The molecule has 24 heavy (non-hydrogen) atoms. The van der Waals surface area contributed by atoms with Crippen molar-refractivity contribution in [3.8, 4) is 11.3 Å². The van der Waals surface area contributed by atoms with E-state index in [9.17, 15) is 9.18 Å². The maximum Gasteiger partial charge on any atom is 0.267 e. The quantitative estimate of drug-likeness (QED) is 0.740. The molecule has 0 amide bonds. The molecule has 0 aliphatic heterocycles. The average molecular weight is 324 g/mol. The molecule has 2 aromatic heterocycles. The van der Waals surface area contributed by atoms with Gasteiger partial charge < -0.3 is 4.90 Å². The van der Waals surface area contributed by atoms with Crippen LogP contribution >= 0.6 is 0 Å². The van der Waals surface area contributed by atoms with Gasteiger partial charge in [-0.2, -0.15) is 5.10 Å². The Kier molecular flexibility index (Phi) is 4.37. The number of rotatable bonds is 4. The zero-order valence-electron chi connectivity index (χ0n) is 13.5. The lowest BCUT2D eigenvalue weighted by Gasteiger charge is -2.13. The zero-order chi connectivity index (χ0) is 17.1. The molecule has 0 spiro atoms. The van der Waals surface area contributed by atoms with Crippen LogP contribution in [0.3, 0.4) is 0 Å². The molecule has 5 nitrogen and oxygen atoms in total. The van der Waals surface area contributed by atoms with Crippen LogP contribution in [0.1, 0.15) is 5.56 Å². The van der Waals surface area contributed by atoms with Crippen LogP contribution in [0.5, 0.6) is 0 Å². The molecular weight excluding hydrogens is 307 g/mol. The molecule has 2 heterocycles. The van der Waals surface area contributed by atoms with Gasteiger partial charge in [-0.1, -0.05) is 12.1 Å². The molecule has 0 saturated carbocycles. The summed E-state index contributed by atoms with van der Waals surface area (Å²) < 4.78 is 15.3. The summed E-state index contributed by atoms with van der Waals surface area (Å²) in [6.45, 7) is 0.296. The standard InChI is InChI=1S/C18H17FN4O/c1-22(2)17-11-13(9-10-20-17)12-23-18(24)8-7-16(21-23)14-5-3-4-6-15(14)19/h3-11H,12H2,1-2H3. The highest BCUT2D eigenvalue weighted by atomic mass is 19.1. The molecule has 122 valence electrons. The molecule has 0 bridgehead atoms. The Morgan fingerprint density at radius 3 is 2.67 bits per heavy atom. The van der Waals surface area contributed by atoms with E-state index in [0.29, 0.717) is 17.8 Å². The first kappa shape index (κ1) is 15.9. The molecule has 0 unspecified atom stereocenters. The number of benzene rings is 1. The van der Waals surface area contributed by atoms with Crippen molar-refractivity contribution >= 4 is 5.82 Å². The van der Waals surface area contributed by atoms with E-state index in [-0.39, 0.29) is 11.4 Å². The molecule has 3 rings (SSSR count). The molecule has 0 aliphatic rings. The normalized spacial score (nSPS) is 10.6. The van der Waals surface area contributed by atoms with Gasteiger partial charge in [0.25, 0.3) is 5.56 Å². The lowest BCUT2D eigenvalue weighted by molar-refractivity contribution is 0.620. The second-order valence-corrected chi connectivity index (χ2v) is 5.61. The first-order valence-electron chi connectivity index (χ1n) is 7.50. The average Bonchev–Trinajstić information content (AvgIpc) is 2.58. The number of nitrogens with zero attached hydrogens (tertiary/aromatic N) is 4. The highest BCUT2D eigenvalue weighted by molar-refractivity contribution is 5.58. The van der Waals surface area contributed by atoms with Crippen LogP contribution in [-0.2, 0) is 6.54 Å².